The van der Waals surface area contributed by atoms with Crippen LogP contribution in [-0.4, -0.2) is 21.8 Å². The summed E-state index contributed by atoms with van der Waals surface area (Å²) in [6.45, 7) is 7.78. The van der Waals surface area contributed by atoms with Gasteiger partial charge in [0.2, 0.25) is 11.6 Å². The van der Waals surface area contributed by atoms with Crippen molar-refractivity contribution in [2.45, 2.75) is 34.1 Å². The number of carbonyl (C=O) groups excluding carboxylic acids is 2. The van der Waals surface area contributed by atoms with Gasteiger partial charge in [0.05, 0.1) is 5.57 Å². The Morgan fingerprint density at radius 2 is 1.76 bits per heavy atom. The first-order valence-electron chi connectivity index (χ1n) is 5.56. The summed E-state index contributed by atoms with van der Waals surface area (Å²) in [5.41, 5.74) is -0.0165. The van der Waals surface area contributed by atoms with Crippen molar-refractivity contribution in [3.63, 3.8) is 0 Å². The summed E-state index contributed by atoms with van der Waals surface area (Å²) in [4.78, 5) is 23.1. The third-order valence-electron chi connectivity index (χ3n) is 2.64. The molecule has 0 aromatic heterocycles. The number of allylic oxidation sites excluding steroid dienone is 2. The van der Waals surface area contributed by atoms with Gasteiger partial charge in [-0.05, 0) is 17.8 Å². The van der Waals surface area contributed by atoms with Crippen molar-refractivity contribution in [2.24, 2.45) is 11.3 Å². The zero-order valence-corrected chi connectivity index (χ0v) is 10.6. The largest absolute Gasteiger partial charge is 0.504 e. The van der Waals surface area contributed by atoms with Crippen LogP contribution >= 0.6 is 0 Å². The van der Waals surface area contributed by atoms with E-state index in [9.17, 15) is 19.8 Å². The van der Waals surface area contributed by atoms with Crippen LogP contribution in [0.1, 0.15) is 34.1 Å². The van der Waals surface area contributed by atoms with E-state index in [1.54, 1.807) is 6.92 Å². The molecule has 2 N–H and O–H groups in total. The minimum atomic E-state index is -0.710. The van der Waals surface area contributed by atoms with Crippen LogP contribution in [-0.2, 0) is 9.59 Å². The number of hydrogen-bond donors (Lipinski definition) is 2. The zero-order chi connectivity index (χ0) is 13.4. The number of carbonyl (C=O) groups is 2. The molecule has 0 spiro atoms. The second-order valence-electron chi connectivity index (χ2n) is 5.65. The minimum absolute atomic E-state index is 0.0184. The van der Waals surface area contributed by atoms with Crippen LogP contribution < -0.4 is 0 Å². The van der Waals surface area contributed by atoms with Crippen molar-refractivity contribution in [1.82, 2.24) is 0 Å². The molecule has 0 heterocycles. The fourth-order valence-corrected chi connectivity index (χ4v) is 2.11. The fourth-order valence-electron chi connectivity index (χ4n) is 2.11. The van der Waals surface area contributed by atoms with E-state index < -0.39 is 23.1 Å². The van der Waals surface area contributed by atoms with Gasteiger partial charge in [0.1, 0.15) is 0 Å². The lowest BCUT2D eigenvalue weighted by atomic mass is 9.79. The van der Waals surface area contributed by atoms with Gasteiger partial charge in [-0.1, -0.05) is 27.7 Å². The SMILES string of the molecule is CC(CC(C)(C)C)C1=C(O)C(=O)C=C(O)C1=O. The first-order chi connectivity index (χ1) is 7.63. The molecule has 0 fully saturated rings. The van der Waals surface area contributed by atoms with E-state index in [4.69, 9.17) is 0 Å². The summed E-state index contributed by atoms with van der Waals surface area (Å²) in [6.07, 6.45) is 1.39. The fraction of sp³-hybridized carbons (Fsp3) is 0.538. The van der Waals surface area contributed by atoms with Crippen LogP contribution in [0.2, 0.25) is 0 Å². The van der Waals surface area contributed by atoms with Gasteiger partial charge >= 0.3 is 0 Å². The van der Waals surface area contributed by atoms with Gasteiger partial charge in [0, 0.05) is 6.08 Å². The number of aliphatic hydroxyl groups excluding tert-OH is 2. The molecule has 0 saturated heterocycles. The number of rotatable bonds is 2. The molecule has 17 heavy (non-hydrogen) atoms. The van der Waals surface area contributed by atoms with Gasteiger partial charge < -0.3 is 10.2 Å². The number of hydrogen-bond acceptors (Lipinski definition) is 4. The number of aliphatic hydroxyl groups is 2. The Bertz CT molecular complexity index is 421. The molecule has 0 aromatic carbocycles. The summed E-state index contributed by atoms with van der Waals surface area (Å²) in [5.74, 6) is -2.77. The molecule has 94 valence electrons. The monoisotopic (exact) mass is 238 g/mol. The zero-order valence-electron chi connectivity index (χ0n) is 10.6. The predicted octanol–water partition coefficient (Wildman–Crippen LogP) is 2.46. The van der Waals surface area contributed by atoms with Gasteiger partial charge in [-0.2, -0.15) is 0 Å². The molecular weight excluding hydrogens is 220 g/mol. The Morgan fingerprint density at radius 1 is 1.24 bits per heavy atom. The van der Waals surface area contributed by atoms with Crippen molar-refractivity contribution in [1.29, 1.82) is 0 Å². The van der Waals surface area contributed by atoms with Gasteiger partial charge in [-0.25, -0.2) is 0 Å². The van der Waals surface area contributed by atoms with E-state index in [0.717, 1.165) is 6.08 Å². The van der Waals surface area contributed by atoms with E-state index in [1.807, 2.05) is 20.8 Å². The third-order valence-corrected chi connectivity index (χ3v) is 2.64. The van der Waals surface area contributed by atoms with E-state index in [2.05, 4.69) is 0 Å². The van der Waals surface area contributed by atoms with Crippen LogP contribution in [0.25, 0.3) is 0 Å². The molecule has 0 aromatic rings. The topological polar surface area (TPSA) is 74.6 Å². The highest BCUT2D eigenvalue weighted by atomic mass is 16.3. The lowest BCUT2D eigenvalue weighted by Gasteiger charge is -2.25. The van der Waals surface area contributed by atoms with E-state index in [-0.39, 0.29) is 16.9 Å². The minimum Gasteiger partial charge on any atom is -0.504 e. The van der Waals surface area contributed by atoms with Crippen molar-refractivity contribution in [2.75, 3.05) is 0 Å². The Hall–Kier alpha value is -1.58. The summed E-state index contributed by atoms with van der Waals surface area (Å²) >= 11 is 0. The lowest BCUT2D eigenvalue weighted by Crippen LogP contribution is -2.25. The maximum atomic E-state index is 11.7. The lowest BCUT2D eigenvalue weighted by molar-refractivity contribution is -0.119. The summed E-state index contributed by atoms with van der Waals surface area (Å²) < 4.78 is 0. The van der Waals surface area contributed by atoms with Crippen LogP contribution in [0.15, 0.2) is 23.2 Å². The molecule has 4 nitrogen and oxygen atoms in total. The van der Waals surface area contributed by atoms with E-state index in [0.29, 0.717) is 6.42 Å². The van der Waals surface area contributed by atoms with Crippen molar-refractivity contribution < 1.29 is 19.8 Å². The van der Waals surface area contributed by atoms with Crippen LogP contribution in [0.3, 0.4) is 0 Å². The number of Topliss-reactive ketones (excluding diaryl/α,β-unsaturated/α-hetero) is 1. The first-order valence-corrected chi connectivity index (χ1v) is 5.56. The molecule has 1 unspecified atom stereocenters. The van der Waals surface area contributed by atoms with Crippen LogP contribution in [0.4, 0.5) is 0 Å². The van der Waals surface area contributed by atoms with Gasteiger partial charge in [-0.3, -0.25) is 9.59 Å². The smallest absolute Gasteiger partial charge is 0.227 e. The van der Waals surface area contributed by atoms with Crippen molar-refractivity contribution in [3.05, 3.63) is 23.2 Å². The Morgan fingerprint density at radius 3 is 2.24 bits per heavy atom. The summed E-state index contributed by atoms with van der Waals surface area (Å²) in [5, 5.41) is 19.0. The third kappa shape index (κ3) is 2.96. The second-order valence-corrected chi connectivity index (χ2v) is 5.65. The van der Waals surface area contributed by atoms with Crippen molar-refractivity contribution >= 4 is 11.6 Å². The Balaban J connectivity index is 3.07. The molecular formula is C13H18O4. The Labute approximate surface area is 101 Å². The second kappa shape index (κ2) is 4.35. The normalized spacial score (nSPS) is 19.4. The highest BCUT2D eigenvalue weighted by Crippen LogP contribution is 2.32. The van der Waals surface area contributed by atoms with Gasteiger partial charge in [0.25, 0.3) is 0 Å². The quantitative estimate of drug-likeness (QED) is 0.725. The number of ketones is 2. The summed E-state index contributed by atoms with van der Waals surface area (Å²) in [6, 6.07) is 0. The molecule has 0 saturated carbocycles. The average molecular weight is 238 g/mol. The molecule has 0 aliphatic heterocycles. The predicted molar refractivity (Wildman–Crippen MR) is 63.6 cm³/mol. The molecule has 0 amide bonds. The van der Waals surface area contributed by atoms with Crippen LogP contribution in [0, 0.1) is 11.3 Å². The van der Waals surface area contributed by atoms with Crippen LogP contribution in [0.5, 0.6) is 0 Å². The standard InChI is InChI=1S/C13H18O4/c1-7(6-13(2,3)4)10-11(16)8(14)5-9(15)12(10)17/h5,7,14,17H,6H2,1-4H3. The molecule has 1 atom stereocenters. The molecule has 1 rings (SSSR count). The highest BCUT2D eigenvalue weighted by Gasteiger charge is 2.33. The van der Waals surface area contributed by atoms with Gasteiger partial charge in [-0.15, -0.1) is 0 Å². The molecule has 1 aliphatic carbocycles. The first kappa shape index (κ1) is 13.5. The molecule has 0 radical (unpaired) electrons. The Kier molecular flexibility index (Phi) is 3.45. The molecule has 4 heteroatoms. The maximum absolute atomic E-state index is 11.7. The highest BCUT2D eigenvalue weighted by molar-refractivity contribution is 6.20. The molecule has 0 bridgehead atoms. The van der Waals surface area contributed by atoms with Crippen molar-refractivity contribution in [3.8, 4) is 0 Å². The van der Waals surface area contributed by atoms with E-state index >= 15 is 0 Å². The maximum Gasteiger partial charge on any atom is 0.227 e. The average Bonchev–Trinajstić information content (AvgIpc) is 2.12. The van der Waals surface area contributed by atoms with E-state index in [1.165, 1.54) is 0 Å². The van der Waals surface area contributed by atoms with Gasteiger partial charge in [0.15, 0.2) is 11.5 Å². The summed E-state index contributed by atoms with van der Waals surface area (Å²) in [7, 11) is 0. The molecule has 1 aliphatic rings.